The van der Waals surface area contributed by atoms with Crippen LogP contribution in [0.5, 0.6) is 0 Å². The SMILES string of the molecule is O=C(C1CSCCN1)N1CCC(N2CCNC2=O)CC1. The van der Waals surface area contributed by atoms with Gasteiger partial charge in [0.05, 0.1) is 6.04 Å². The largest absolute Gasteiger partial charge is 0.341 e. The normalized spacial score (nSPS) is 28.6. The van der Waals surface area contributed by atoms with Gasteiger partial charge in [-0.1, -0.05) is 0 Å². The van der Waals surface area contributed by atoms with Gasteiger partial charge in [-0.05, 0) is 12.8 Å². The van der Waals surface area contributed by atoms with Crippen LogP contribution in [0.3, 0.4) is 0 Å². The first kappa shape index (κ1) is 14.0. The Hall–Kier alpha value is -0.950. The van der Waals surface area contributed by atoms with E-state index in [4.69, 9.17) is 0 Å². The predicted octanol–water partition coefficient (Wildman–Crippen LogP) is -0.292. The maximum atomic E-state index is 12.4. The van der Waals surface area contributed by atoms with Gasteiger partial charge in [-0.3, -0.25) is 4.79 Å². The molecule has 20 heavy (non-hydrogen) atoms. The molecule has 0 bridgehead atoms. The number of urea groups is 1. The van der Waals surface area contributed by atoms with Crippen molar-refractivity contribution in [2.75, 3.05) is 44.2 Å². The van der Waals surface area contributed by atoms with Crippen LogP contribution in [-0.2, 0) is 4.79 Å². The van der Waals surface area contributed by atoms with Crippen LogP contribution in [0.15, 0.2) is 0 Å². The number of thioether (sulfide) groups is 1. The van der Waals surface area contributed by atoms with E-state index in [1.165, 1.54) is 0 Å². The molecule has 3 amide bonds. The van der Waals surface area contributed by atoms with E-state index in [9.17, 15) is 9.59 Å². The van der Waals surface area contributed by atoms with Crippen molar-refractivity contribution < 1.29 is 9.59 Å². The maximum absolute atomic E-state index is 12.4. The Balaban J connectivity index is 1.50. The zero-order valence-electron chi connectivity index (χ0n) is 11.6. The average molecular weight is 298 g/mol. The van der Waals surface area contributed by atoms with Crippen molar-refractivity contribution >= 4 is 23.7 Å². The quantitative estimate of drug-likeness (QED) is 0.735. The Morgan fingerprint density at radius 2 is 2.00 bits per heavy atom. The van der Waals surface area contributed by atoms with Gasteiger partial charge < -0.3 is 20.4 Å². The molecule has 3 saturated heterocycles. The molecule has 3 heterocycles. The molecule has 0 aliphatic carbocycles. The molecule has 3 aliphatic heterocycles. The maximum Gasteiger partial charge on any atom is 0.317 e. The van der Waals surface area contributed by atoms with Gasteiger partial charge in [0.2, 0.25) is 5.91 Å². The first-order chi connectivity index (χ1) is 9.75. The Labute approximate surface area is 123 Å². The van der Waals surface area contributed by atoms with E-state index >= 15 is 0 Å². The fraction of sp³-hybridized carbons (Fsp3) is 0.846. The van der Waals surface area contributed by atoms with Crippen LogP contribution in [0.2, 0.25) is 0 Å². The highest BCUT2D eigenvalue weighted by molar-refractivity contribution is 7.99. The van der Waals surface area contributed by atoms with E-state index in [0.29, 0.717) is 6.04 Å². The van der Waals surface area contributed by atoms with Crippen molar-refractivity contribution in [3.8, 4) is 0 Å². The molecule has 7 heteroatoms. The molecule has 2 N–H and O–H groups in total. The van der Waals surface area contributed by atoms with Crippen molar-refractivity contribution in [2.24, 2.45) is 0 Å². The summed E-state index contributed by atoms with van der Waals surface area (Å²) in [4.78, 5) is 28.0. The molecular weight excluding hydrogens is 276 g/mol. The second-order valence-electron chi connectivity index (χ2n) is 5.56. The first-order valence-electron chi connectivity index (χ1n) is 7.40. The lowest BCUT2D eigenvalue weighted by Gasteiger charge is -2.38. The Bertz CT molecular complexity index is 379. The van der Waals surface area contributed by atoms with Gasteiger partial charge in [0.1, 0.15) is 0 Å². The minimum Gasteiger partial charge on any atom is -0.341 e. The number of carbonyl (C=O) groups excluding carboxylic acids is 2. The Morgan fingerprint density at radius 3 is 2.60 bits per heavy atom. The Kier molecular flexibility index (Phi) is 4.35. The summed E-state index contributed by atoms with van der Waals surface area (Å²) in [7, 11) is 0. The minimum atomic E-state index is -0.0135. The summed E-state index contributed by atoms with van der Waals surface area (Å²) in [6, 6.07) is 0.343. The summed E-state index contributed by atoms with van der Waals surface area (Å²) in [5.41, 5.74) is 0. The topological polar surface area (TPSA) is 64.7 Å². The summed E-state index contributed by atoms with van der Waals surface area (Å²) in [5, 5.41) is 6.15. The number of hydrogen-bond acceptors (Lipinski definition) is 4. The molecule has 0 aromatic heterocycles. The standard InChI is InChI=1S/C13H22N4O2S/c18-12(11-9-20-8-4-14-11)16-5-1-10(2-6-16)17-7-3-15-13(17)19/h10-11,14H,1-9H2,(H,15,19). The second kappa shape index (κ2) is 6.22. The van der Waals surface area contributed by atoms with E-state index < -0.39 is 0 Å². The van der Waals surface area contributed by atoms with Gasteiger partial charge in [-0.25, -0.2) is 4.79 Å². The fourth-order valence-corrected chi connectivity index (χ4v) is 4.10. The summed E-state index contributed by atoms with van der Waals surface area (Å²) in [5.74, 6) is 2.21. The first-order valence-corrected chi connectivity index (χ1v) is 8.55. The summed E-state index contributed by atoms with van der Waals surface area (Å²) < 4.78 is 0. The summed E-state index contributed by atoms with van der Waals surface area (Å²) in [6.45, 7) is 4.03. The molecule has 0 radical (unpaired) electrons. The number of nitrogens with zero attached hydrogens (tertiary/aromatic N) is 2. The number of carbonyl (C=O) groups is 2. The molecule has 0 aromatic carbocycles. The van der Waals surface area contributed by atoms with Crippen LogP contribution in [0.1, 0.15) is 12.8 Å². The minimum absolute atomic E-state index is 0.0135. The van der Waals surface area contributed by atoms with Crippen LogP contribution in [0.4, 0.5) is 4.79 Å². The van der Waals surface area contributed by atoms with Gasteiger partial charge in [-0.2, -0.15) is 11.8 Å². The van der Waals surface area contributed by atoms with E-state index in [2.05, 4.69) is 10.6 Å². The van der Waals surface area contributed by atoms with Crippen LogP contribution in [0.25, 0.3) is 0 Å². The molecule has 0 aromatic rings. The monoisotopic (exact) mass is 298 g/mol. The van der Waals surface area contributed by atoms with Gasteiger partial charge >= 0.3 is 6.03 Å². The van der Waals surface area contributed by atoms with Crippen LogP contribution < -0.4 is 10.6 Å². The number of nitrogens with one attached hydrogen (secondary N) is 2. The van der Waals surface area contributed by atoms with Crippen LogP contribution in [0, 0.1) is 0 Å². The number of amides is 3. The highest BCUT2D eigenvalue weighted by Gasteiger charge is 2.33. The third-order valence-electron chi connectivity index (χ3n) is 4.33. The van der Waals surface area contributed by atoms with Gasteiger partial charge in [0.25, 0.3) is 0 Å². The third-order valence-corrected chi connectivity index (χ3v) is 5.39. The lowest BCUT2D eigenvalue weighted by molar-refractivity contribution is -0.134. The lowest BCUT2D eigenvalue weighted by Crippen LogP contribution is -2.54. The van der Waals surface area contributed by atoms with Crippen molar-refractivity contribution in [3.63, 3.8) is 0 Å². The van der Waals surface area contributed by atoms with Gasteiger partial charge in [-0.15, -0.1) is 0 Å². The molecule has 0 spiro atoms. The van der Waals surface area contributed by atoms with Gasteiger partial charge in [0.15, 0.2) is 0 Å². The zero-order valence-corrected chi connectivity index (χ0v) is 12.5. The van der Waals surface area contributed by atoms with E-state index in [1.807, 2.05) is 21.6 Å². The van der Waals surface area contributed by atoms with Crippen molar-refractivity contribution in [2.45, 2.75) is 24.9 Å². The van der Waals surface area contributed by atoms with Crippen LogP contribution >= 0.6 is 11.8 Å². The third kappa shape index (κ3) is 2.88. The van der Waals surface area contributed by atoms with Gasteiger partial charge in [0, 0.05) is 50.3 Å². The zero-order chi connectivity index (χ0) is 13.9. The molecule has 3 fully saturated rings. The number of rotatable bonds is 2. The smallest absolute Gasteiger partial charge is 0.317 e. The van der Waals surface area contributed by atoms with Crippen molar-refractivity contribution in [1.82, 2.24) is 20.4 Å². The lowest BCUT2D eigenvalue weighted by atomic mass is 10.0. The van der Waals surface area contributed by atoms with Crippen LogP contribution in [-0.4, -0.2) is 78.1 Å². The predicted molar refractivity (Wildman–Crippen MR) is 78.8 cm³/mol. The molecular formula is C13H22N4O2S. The second-order valence-corrected chi connectivity index (χ2v) is 6.71. The molecule has 1 unspecified atom stereocenters. The molecule has 0 saturated carbocycles. The average Bonchev–Trinajstić information content (AvgIpc) is 2.94. The molecule has 6 nitrogen and oxygen atoms in total. The summed E-state index contributed by atoms with van der Waals surface area (Å²) >= 11 is 1.85. The highest BCUT2D eigenvalue weighted by atomic mass is 32.2. The van der Waals surface area contributed by atoms with E-state index in [1.54, 1.807) is 0 Å². The summed E-state index contributed by atoms with van der Waals surface area (Å²) in [6.07, 6.45) is 1.80. The highest BCUT2D eigenvalue weighted by Crippen LogP contribution is 2.20. The Morgan fingerprint density at radius 1 is 1.20 bits per heavy atom. The van der Waals surface area contributed by atoms with Crippen molar-refractivity contribution in [3.05, 3.63) is 0 Å². The molecule has 1 atom stereocenters. The fourth-order valence-electron chi connectivity index (χ4n) is 3.18. The van der Waals surface area contributed by atoms with Crippen molar-refractivity contribution in [1.29, 1.82) is 0 Å². The molecule has 3 rings (SSSR count). The molecule has 112 valence electrons. The number of likely N-dealkylation sites (tertiary alicyclic amines) is 1. The number of piperidine rings is 1. The molecule has 3 aliphatic rings. The van der Waals surface area contributed by atoms with E-state index in [-0.39, 0.29) is 18.0 Å². The van der Waals surface area contributed by atoms with E-state index in [0.717, 1.165) is 57.1 Å². The number of hydrogen-bond donors (Lipinski definition) is 2.